The number of aliphatic hydroxyl groups excluding tert-OH is 1. The lowest BCUT2D eigenvalue weighted by Gasteiger charge is -2.14. The van der Waals surface area contributed by atoms with Gasteiger partial charge in [0.25, 0.3) is 5.95 Å². The summed E-state index contributed by atoms with van der Waals surface area (Å²) in [7, 11) is 3.95. The molecule has 0 amide bonds. The summed E-state index contributed by atoms with van der Waals surface area (Å²) in [5.41, 5.74) is 6.06. The number of rotatable bonds is 12. The van der Waals surface area contributed by atoms with Crippen LogP contribution in [0.3, 0.4) is 0 Å². The Morgan fingerprint density at radius 1 is 1.09 bits per heavy atom. The highest BCUT2D eigenvalue weighted by molar-refractivity contribution is 5.97. The van der Waals surface area contributed by atoms with Crippen LogP contribution in [0.2, 0.25) is 0 Å². The highest BCUT2D eigenvalue weighted by atomic mass is 16.3. The van der Waals surface area contributed by atoms with Gasteiger partial charge in [-0.3, -0.25) is 9.78 Å². The third-order valence-electron chi connectivity index (χ3n) is 7.71. The molecule has 0 fully saturated rings. The molecule has 11 heteroatoms. The Labute approximate surface area is 267 Å². The van der Waals surface area contributed by atoms with Crippen LogP contribution in [0.25, 0.3) is 33.6 Å². The molecule has 0 bridgehead atoms. The molecule has 0 saturated heterocycles. The Morgan fingerprint density at radius 2 is 1.93 bits per heavy atom. The van der Waals surface area contributed by atoms with Gasteiger partial charge in [-0.15, -0.1) is 0 Å². The van der Waals surface area contributed by atoms with E-state index in [0.29, 0.717) is 36.2 Å². The van der Waals surface area contributed by atoms with Crippen molar-refractivity contribution in [3.63, 3.8) is 0 Å². The maximum atomic E-state index is 12.5. The van der Waals surface area contributed by atoms with E-state index in [-0.39, 0.29) is 18.3 Å². The van der Waals surface area contributed by atoms with Gasteiger partial charge in [0.2, 0.25) is 5.95 Å². The maximum absolute atomic E-state index is 12.5. The lowest BCUT2D eigenvalue weighted by Crippen LogP contribution is -2.13. The van der Waals surface area contributed by atoms with Crippen molar-refractivity contribution in [3.05, 3.63) is 108 Å². The first-order valence-corrected chi connectivity index (χ1v) is 15.3. The van der Waals surface area contributed by atoms with Gasteiger partial charge in [0.1, 0.15) is 0 Å². The number of nitrogens with one attached hydrogen (secondary N) is 1. The van der Waals surface area contributed by atoms with Crippen molar-refractivity contribution in [3.8, 4) is 17.2 Å². The zero-order chi connectivity index (χ0) is 32.2. The first-order valence-electron chi connectivity index (χ1n) is 15.3. The van der Waals surface area contributed by atoms with Crippen LogP contribution in [-0.2, 0) is 24.4 Å². The van der Waals surface area contributed by atoms with Crippen LogP contribution < -0.4 is 5.32 Å². The van der Waals surface area contributed by atoms with E-state index in [2.05, 4.69) is 53.6 Å². The zero-order valence-corrected chi connectivity index (χ0v) is 26.4. The molecule has 2 N–H and O–H groups in total. The normalized spacial score (nSPS) is 11.9. The van der Waals surface area contributed by atoms with Crippen molar-refractivity contribution < 1.29 is 9.90 Å². The third kappa shape index (κ3) is 6.56. The molecule has 46 heavy (non-hydrogen) atoms. The number of allylic oxidation sites excluding steroid dienone is 1. The molecule has 4 heterocycles. The molecule has 0 radical (unpaired) electrons. The fraction of sp³-hybridized carbons (Fsp3) is 0.257. The van der Waals surface area contributed by atoms with Crippen LogP contribution in [0.1, 0.15) is 42.1 Å². The topological polar surface area (TPSA) is 126 Å². The van der Waals surface area contributed by atoms with E-state index in [4.69, 9.17) is 15.0 Å². The van der Waals surface area contributed by atoms with E-state index in [0.717, 1.165) is 45.3 Å². The monoisotopic (exact) mass is 615 g/mol. The van der Waals surface area contributed by atoms with Gasteiger partial charge >= 0.3 is 0 Å². The molecule has 2 aromatic carbocycles. The van der Waals surface area contributed by atoms with Gasteiger partial charge in [0, 0.05) is 48.4 Å². The summed E-state index contributed by atoms with van der Waals surface area (Å²) in [6, 6.07) is 18.0. The minimum atomic E-state index is -0.170. The molecule has 0 aliphatic carbocycles. The number of aliphatic hydroxyl groups is 1. The van der Waals surface area contributed by atoms with Gasteiger partial charge in [-0.2, -0.15) is 24.7 Å². The molecule has 0 atom stereocenters. The first-order chi connectivity index (χ1) is 22.3. The lowest BCUT2D eigenvalue weighted by molar-refractivity contribution is -0.114. The largest absolute Gasteiger partial charge is 0.390 e. The smallest absolute Gasteiger partial charge is 0.255 e. The number of likely N-dealkylation sites (N-methyl/N-ethyl adjacent to an activating group) is 1. The van der Waals surface area contributed by atoms with Crippen molar-refractivity contribution in [1.82, 2.24) is 39.2 Å². The van der Waals surface area contributed by atoms with Crippen LogP contribution in [0.15, 0.2) is 85.3 Å². The minimum Gasteiger partial charge on any atom is -0.390 e. The average Bonchev–Trinajstić information content (AvgIpc) is 3.71. The second kappa shape index (κ2) is 13.4. The predicted octanol–water partition coefficient (Wildman–Crippen LogP) is 4.98. The van der Waals surface area contributed by atoms with Crippen LogP contribution in [0, 0.1) is 0 Å². The summed E-state index contributed by atoms with van der Waals surface area (Å²) >= 11 is 0. The molecular weight excluding hydrogens is 578 g/mol. The van der Waals surface area contributed by atoms with Crippen LogP contribution in [0.4, 0.5) is 5.95 Å². The number of carbonyl (C=O) groups is 1. The molecule has 0 unspecified atom stereocenters. The molecule has 11 nitrogen and oxygen atoms in total. The first kappa shape index (κ1) is 30.8. The molecule has 6 aromatic rings. The van der Waals surface area contributed by atoms with Crippen LogP contribution in [0.5, 0.6) is 0 Å². The van der Waals surface area contributed by atoms with E-state index in [1.54, 1.807) is 27.5 Å². The lowest BCUT2D eigenvalue weighted by atomic mass is 9.97. The second-order valence-electron chi connectivity index (χ2n) is 11.8. The molecule has 0 aliphatic rings. The molecular formula is C35H37N9O2. The highest BCUT2D eigenvalue weighted by Gasteiger charge is 2.18. The number of benzene rings is 2. The fourth-order valence-electron chi connectivity index (χ4n) is 5.35. The Balaban J connectivity index is 1.30. The average molecular weight is 616 g/mol. The molecule has 0 aliphatic heterocycles. The molecule has 6 rings (SSSR count). The number of ketones is 1. The molecule has 4 aromatic heterocycles. The standard InChI is InChI=1S/C35H37N9O2/c1-23(2)31-21-38-44-33(31)39-35(43-17-14-27(22-45)41-43)40-34(44)37-20-26-8-5-6-10-29(26)32-30-12-11-24(18-25(30)13-15-36-32)19-28(46)9-7-16-42(3)4/h5-15,17-18,21,23,45H,16,19-20,22H2,1-4H3,(H,37,39,40)/b9-7+. The van der Waals surface area contributed by atoms with E-state index < -0.39 is 0 Å². The molecule has 234 valence electrons. The number of fused-ring (bicyclic) bond motifs is 2. The van der Waals surface area contributed by atoms with Crippen molar-refractivity contribution >= 4 is 28.2 Å². The number of hydrogen-bond acceptors (Lipinski definition) is 9. The Hall–Kier alpha value is -5.26. The van der Waals surface area contributed by atoms with Gasteiger partial charge in [0.15, 0.2) is 11.4 Å². The highest BCUT2D eigenvalue weighted by Crippen LogP contribution is 2.30. The van der Waals surface area contributed by atoms with Gasteiger partial charge in [-0.05, 0) is 54.7 Å². The summed E-state index contributed by atoms with van der Waals surface area (Å²) < 4.78 is 3.27. The van der Waals surface area contributed by atoms with Crippen molar-refractivity contribution in [1.29, 1.82) is 0 Å². The van der Waals surface area contributed by atoms with Crippen molar-refractivity contribution in [2.45, 2.75) is 39.3 Å². The summed E-state index contributed by atoms with van der Waals surface area (Å²) in [5, 5.41) is 24.0. The fourth-order valence-corrected chi connectivity index (χ4v) is 5.35. The quantitative estimate of drug-likeness (QED) is 0.183. The predicted molar refractivity (Wildman–Crippen MR) is 179 cm³/mol. The van der Waals surface area contributed by atoms with Gasteiger partial charge in [-0.25, -0.2) is 4.68 Å². The molecule has 0 saturated carbocycles. The Kier molecular flexibility index (Phi) is 8.95. The van der Waals surface area contributed by atoms with Crippen LogP contribution >= 0.6 is 0 Å². The van der Waals surface area contributed by atoms with Crippen molar-refractivity contribution in [2.24, 2.45) is 0 Å². The Morgan fingerprint density at radius 3 is 2.72 bits per heavy atom. The van der Waals surface area contributed by atoms with E-state index in [9.17, 15) is 9.90 Å². The second-order valence-corrected chi connectivity index (χ2v) is 11.8. The number of nitrogens with zero attached hydrogens (tertiary/aromatic N) is 8. The zero-order valence-electron chi connectivity index (χ0n) is 26.4. The van der Waals surface area contributed by atoms with E-state index in [1.165, 1.54) is 0 Å². The minimum absolute atomic E-state index is 0.0768. The summed E-state index contributed by atoms with van der Waals surface area (Å²) in [6.07, 6.45) is 9.27. The maximum Gasteiger partial charge on any atom is 0.255 e. The SMILES string of the molecule is CC(C)c1cnn2c(NCc3ccccc3-c3nccc4cc(CC(=O)/C=C/CN(C)C)ccc34)nc(-n3ccc(CO)n3)nc12. The van der Waals surface area contributed by atoms with Crippen molar-refractivity contribution in [2.75, 3.05) is 26.0 Å². The number of carbonyl (C=O) groups excluding carboxylic acids is 1. The third-order valence-corrected chi connectivity index (χ3v) is 7.71. The number of aromatic nitrogens is 7. The van der Waals surface area contributed by atoms with Gasteiger partial charge < -0.3 is 15.3 Å². The van der Waals surface area contributed by atoms with Gasteiger partial charge in [0.05, 0.1) is 24.2 Å². The van der Waals surface area contributed by atoms with Gasteiger partial charge in [-0.1, -0.05) is 62.4 Å². The number of anilines is 1. The summed E-state index contributed by atoms with van der Waals surface area (Å²) in [5.74, 6) is 1.18. The molecule has 0 spiro atoms. The number of hydrogen-bond donors (Lipinski definition) is 2. The van der Waals surface area contributed by atoms with Crippen LogP contribution in [-0.4, -0.2) is 70.8 Å². The number of pyridine rings is 1. The van der Waals surface area contributed by atoms with E-state index in [1.807, 2.05) is 61.7 Å². The summed E-state index contributed by atoms with van der Waals surface area (Å²) in [4.78, 5) is 28.9. The summed E-state index contributed by atoms with van der Waals surface area (Å²) in [6.45, 7) is 5.20. The Bertz CT molecular complexity index is 2040. The van der Waals surface area contributed by atoms with E-state index >= 15 is 0 Å².